The van der Waals surface area contributed by atoms with Gasteiger partial charge in [0.1, 0.15) is 5.69 Å². The molecule has 2 N–H and O–H groups in total. The van der Waals surface area contributed by atoms with Crippen LogP contribution < -0.4 is 5.32 Å². The van der Waals surface area contributed by atoms with Crippen LogP contribution in [0.5, 0.6) is 0 Å². The van der Waals surface area contributed by atoms with Gasteiger partial charge in [-0.3, -0.25) is 14.9 Å². The number of nitrogens with zero attached hydrogens (tertiary/aromatic N) is 6. The number of pyridine rings is 1. The number of carbonyl (C=O) groups is 1. The molecular weight excluding hydrogens is 392 g/mol. The van der Waals surface area contributed by atoms with Crippen LogP contribution in [0.4, 0.5) is 5.69 Å². The molecule has 0 saturated carbocycles. The van der Waals surface area contributed by atoms with Crippen molar-refractivity contribution in [3.8, 4) is 22.4 Å². The molecule has 1 aliphatic heterocycles. The van der Waals surface area contributed by atoms with E-state index < -0.39 is 0 Å². The van der Waals surface area contributed by atoms with Crippen molar-refractivity contribution in [1.29, 1.82) is 0 Å². The van der Waals surface area contributed by atoms with E-state index in [4.69, 9.17) is 4.98 Å². The molecule has 0 aliphatic carbocycles. The van der Waals surface area contributed by atoms with Crippen LogP contribution in [-0.4, -0.2) is 60.1 Å². The second-order valence-electron chi connectivity index (χ2n) is 8.20. The lowest BCUT2D eigenvalue weighted by Gasteiger charge is -2.38. The zero-order valence-electron chi connectivity index (χ0n) is 17.7. The molecule has 5 rings (SSSR count). The summed E-state index contributed by atoms with van der Waals surface area (Å²) in [6.07, 6.45) is 7.47. The van der Waals surface area contributed by atoms with Gasteiger partial charge in [0.05, 0.1) is 29.6 Å². The first-order chi connectivity index (χ1) is 15.0. The standard InChI is InChI=1S/C22H24N8O/c1-13(2)26-22-18-6-4-5-17(15-7-24-25-8-15)21(18)23-9-19(22)20-12-30(28-27-20)16-10-29(11-16)14(3)31/h4-9,12-13,16H,10-11H2,1-3H3,(H,23,26)(H,24,25). The van der Waals surface area contributed by atoms with Crippen molar-refractivity contribution in [1.82, 2.24) is 35.1 Å². The molecule has 1 aromatic carbocycles. The highest BCUT2D eigenvalue weighted by Crippen LogP contribution is 2.37. The minimum atomic E-state index is 0.0900. The van der Waals surface area contributed by atoms with Crippen molar-refractivity contribution in [3.05, 3.63) is 43.0 Å². The summed E-state index contributed by atoms with van der Waals surface area (Å²) in [5, 5.41) is 20.3. The number of carbonyl (C=O) groups excluding carboxylic acids is 1. The van der Waals surface area contributed by atoms with Crippen molar-refractivity contribution in [2.45, 2.75) is 32.9 Å². The summed E-state index contributed by atoms with van der Waals surface area (Å²) in [5.41, 5.74) is 5.56. The quantitative estimate of drug-likeness (QED) is 0.518. The number of aromatic amines is 1. The number of hydrogen-bond donors (Lipinski definition) is 2. The fraction of sp³-hybridized carbons (Fsp3) is 0.318. The summed E-state index contributed by atoms with van der Waals surface area (Å²) < 4.78 is 1.85. The van der Waals surface area contributed by atoms with E-state index >= 15 is 0 Å². The Morgan fingerprint density at radius 3 is 2.77 bits per heavy atom. The topological polar surface area (TPSA) is 105 Å². The number of H-pyrrole nitrogens is 1. The van der Waals surface area contributed by atoms with Gasteiger partial charge in [0, 0.05) is 60.5 Å². The summed E-state index contributed by atoms with van der Waals surface area (Å²) in [6.45, 7) is 7.14. The van der Waals surface area contributed by atoms with E-state index in [1.807, 2.05) is 35.4 Å². The van der Waals surface area contributed by atoms with Crippen molar-refractivity contribution >= 4 is 22.5 Å². The zero-order chi connectivity index (χ0) is 21.5. The summed E-state index contributed by atoms with van der Waals surface area (Å²) in [5.74, 6) is 0.0900. The van der Waals surface area contributed by atoms with Crippen LogP contribution in [-0.2, 0) is 4.79 Å². The molecule has 0 spiro atoms. The second-order valence-corrected chi connectivity index (χ2v) is 8.20. The van der Waals surface area contributed by atoms with E-state index in [0.717, 1.165) is 39.0 Å². The van der Waals surface area contributed by atoms with Crippen molar-refractivity contribution in [2.75, 3.05) is 18.4 Å². The Kier molecular flexibility index (Phi) is 4.65. The maximum atomic E-state index is 11.5. The van der Waals surface area contributed by atoms with Gasteiger partial charge >= 0.3 is 0 Å². The molecule has 4 heterocycles. The van der Waals surface area contributed by atoms with Crippen LogP contribution in [0.1, 0.15) is 26.8 Å². The van der Waals surface area contributed by atoms with Gasteiger partial charge in [-0.25, -0.2) is 4.68 Å². The lowest BCUT2D eigenvalue weighted by atomic mass is 10.0. The Morgan fingerprint density at radius 1 is 1.23 bits per heavy atom. The maximum absolute atomic E-state index is 11.5. The summed E-state index contributed by atoms with van der Waals surface area (Å²) in [6, 6.07) is 6.54. The van der Waals surface area contributed by atoms with Crippen molar-refractivity contribution < 1.29 is 4.79 Å². The van der Waals surface area contributed by atoms with Crippen LogP contribution in [0, 0.1) is 0 Å². The number of likely N-dealkylation sites (tertiary alicyclic amines) is 1. The minimum absolute atomic E-state index is 0.0900. The van der Waals surface area contributed by atoms with Crippen molar-refractivity contribution in [3.63, 3.8) is 0 Å². The average molecular weight is 416 g/mol. The molecule has 9 heteroatoms. The maximum Gasteiger partial charge on any atom is 0.219 e. The van der Waals surface area contributed by atoms with Crippen molar-refractivity contribution in [2.24, 2.45) is 0 Å². The van der Waals surface area contributed by atoms with Gasteiger partial charge in [-0.05, 0) is 13.8 Å². The van der Waals surface area contributed by atoms with Gasteiger partial charge in [0.2, 0.25) is 5.91 Å². The van der Waals surface area contributed by atoms with E-state index in [1.54, 1.807) is 18.0 Å². The molecule has 4 aromatic rings. The number of aromatic nitrogens is 6. The van der Waals surface area contributed by atoms with E-state index in [-0.39, 0.29) is 18.0 Å². The highest BCUT2D eigenvalue weighted by molar-refractivity contribution is 6.04. The summed E-state index contributed by atoms with van der Waals surface area (Å²) in [4.78, 5) is 18.1. The summed E-state index contributed by atoms with van der Waals surface area (Å²) >= 11 is 0. The Labute approximate surface area is 179 Å². The third-order valence-electron chi connectivity index (χ3n) is 5.61. The molecule has 0 atom stereocenters. The van der Waals surface area contributed by atoms with E-state index in [0.29, 0.717) is 13.1 Å². The van der Waals surface area contributed by atoms with Gasteiger partial charge in [-0.15, -0.1) is 5.10 Å². The van der Waals surface area contributed by atoms with E-state index in [1.165, 1.54) is 0 Å². The second kappa shape index (κ2) is 7.50. The number of rotatable bonds is 5. The Morgan fingerprint density at radius 2 is 2.06 bits per heavy atom. The largest absolute Gasteiger partial charge is 0.382 e. The number of para-hydroxylation sites is 1. The number of hydrogen-bond acceptors (Lipinski definition) is 6. The molecule has 0 bridgehead atoms. The Balaban J connectivity index is 1.57. The highest BCUT2D eigenvalue weighted by atomic mass is 16.2. The third-order valence-corrected chi connectivity index (χ3v) is 5.61. The molecule has 0 radical (unpaired) electrons. The van der Waals surface area contributed by atoms with Crippen LogP contribution in [0.15, 0.2) is 43.0 Å². The van der Waals surface area contributed by atoms with E-state index in [9.17, 15) is 4.79 Å². The SMILES string of the molecule is CC(=O)N1CC(n2cc(-c3cnc4c(-c5cn[nH]c5)cccc4c3NC(C)C)nn2)C1. The Hall–Kier alpha value is -3.75. The summed E-state index contributed by atoms with van der Waals surface area (Å²) in [7, 11) is 0. The van der Waals surface area contributed by atoms with Gasteiger partial charge < -0.3 is 10.2 Å². The van der Waals surface area contributed by atoms with E-state index in [2.05, 4.69) is 45.7 Å². The van der Waals surface area contributed by atoms with Crippen LogP contribution >= 0.6 is 0 Å². The number of anilines is 1. The Bertz CT molecular complexity index is 1240. The predicted octanol–water partition coefficient (Wildman–Crippen LogP) is 3.11. The fourth-order valence-corrected chi connectivity index (χ4v) is 3.95. The molecule has 0 unspecified atom stereocenters. The number of amides is 1. The molecular formula is C22H24N8O. The fourth-order valence-electron chi connectivity index (χ4n) is 3.95. The van der Waals surface area contributed by atoms with Gasteiger partial charge in [-0.1, -0.05) is 23.4 Å². The lowest BCUT2D eigenvalue weighted by Crippen LogP contribution is -2.50. The molecule has 31 heavy (non-hydrogen) atoms. The highest BCUT2D eigenvalue weighted by Gasteiger charge is 2.31. The van der Waals surface area contributed by atoms with Crippen LogP contribution in [0.2, 0.25) is 0 Å². The molecule has 1 amide bonds. The minimum Gasteiger partial charge on any atom is -0.382 e. The third kappa shape index (κ3) is 3.41. The first kappa shape index (κ1) is 19.2. The van der Waals surface area contributed by atoms with Gasteiger partial charge in [-0.2, -0.15) is 5.10 Å². The monoisotopic (exact) mass is 416 g/mol. The predicted molar refractivity (Wildman–Crippen MR) is 118 cm³/mol. The molecule has 1 aliphatic rings. The first-order valence-corrected chi connectivity index (χ1v) is 10.4. The molecule has 3 aromatic heterocycles. The molecule has 1 fully saturated rings. The smallest absolute Gasteiger partial charge is 0.219 e. The van der Waals surface area contributed by atoms with Crippen LogP contribution in [0.3, 0.4) is 0 Å². The number of fused-ring (bicyclic) bond motifs is 1. The first-order valence-electron chi connectivity index (χ1n) is 10.4. The van der Waals surface area contributed by atoms with Gasteiger partial charge in [0.25, 0.3) is 0 Å². The van der Waals surface area contributed by atoms with Gasteiger partial charge in [0.15, 0.2) is 0 Å². The number of nitrogens with one attached hydrogen (secondary N) is 2. The molecule has 1 saturated heterocycles. The average Bonchev–Trinajstić information content (AvgIpc) is 3.38. The normalized spacial score (nSPS) is 14.3. The number of benzene rings is 1. The molecule has 9 nitrogen and oxygen atoms in total. The zero-order valence-corrected chi connectivity index (χ0v) is 17.7. The lowest BCUT2D eigenvalue weighted by molar-refractivity contribution is -0.134. The van der Waals surface area contributed by atoms with Crippen LogP contribution in [0.25, 0.3) is 33.3 Å². The molecule has 158 valence electrons.